The van der Waals surface area contributed by atoms with Gasteiger partial charge in [-0.1, -0.05) is 12.1 Å². The number of anilines is 1. The van der Waals surface area contributed by atoms with Crippen molar-refractivity contribution in [1.82, 2.24) is 9.88 Å². The van der Waals surface area contributed by atoms with Crippen molar-refractivity contribution < 1.29 is 23.8 Å². The van der Waals surface area contributed by atoms with E-state index in [1.807, 2.05) is 0 Å². The summed E-state index contributed by atoms with van der Waals surface area (Å²) >= 11 is 0. The predicted octanol–water partition coefficient (Wildman–Crippen LogP) is 4.36. The number of fused-ring (bicyclic) bond motifs is 1. The van der Waals surface area contributed by atoms with E-state index in [-0.39, 0.29) is 24.0 Å². The molecule has 1 aromatic carbocycles. The normalized spacial score (nSPS) is 18.4. The molecule has 2 unspecified atom stereocenters. The van der Waals surface area contributed by atoms with Crippen molar-refractivity contribution in [2.75, 3.05) is 25.0 Å². The monoisotopic (exact) mass is 469 g/mol. The van der Waals surface area contributed by atoms with Gasteiger partial charge >= 0.3 is 5.97 Å². The summed E-state index contributed by atoms with van der Waals surface area (Å²) in [6.07, 6.45) is 4.93. The van der Waals surface area contributed by atoms with Gasteiger partial charge in [-0.05, 0) is 74.8 Å². The van der Waals surface area contributed by atoms with Crippen molar-refractivity contribution in [3.8, 4) is 5.75 Å². The lowest BCUT2D eigenvalue weighted by molar-refractivity contribution is -0.140. The highest BCUT2D eigenvalue weighted by Crippen LogP contribution is 2.35. The number of benzene rings is 1. The number of aromatic nitrogens is 1. The Morgan fingerprint density at radius 1 is 1.35 bits per heavy atom. The van der Waals surface area contributed by atoms with Crippen LogP contribution < -0.4 is 10.1 Å². The summed E-state index contributed by atoms with van der Waals surface area (Å²) in [4.78, 5) is 31.1. The summed E-state index contributed by atoms with van der Waals surface area (Å²) in [7, 11) is 0. The zero-order valence-corrected chi connectivity index (χ0v) is 19.6. The van der Waals surface area contributed by atoms with E-state index in [0.717, 1.165) is 50.2 Å². The SMILES string of the molecule is CCOc1ccc(C(CC(=O)O)N2CCC(CCCc3ccc4c(n3)NCCC4)C2=O)cc1F. The highest BCUT2D eigenvalue weighted by atomic mass is 19.1. The highest BCUT2D eigenvalue weighted by molar-refractivity contribution is 5.82. The fourth-order valence-electron chi connectivity index (χ4n) is 4.95. The number of pyridine rings is 1. The van der Waals surface area contributed by atoms with E-state index in [4.69, 9.17) is 9.72 Å². The molecule has 1 amide bonds. The quantitative estimate of drug-likeness (QED) is 0.537. The zero-order valence-electron chi connectivity index (χ0n) is 19.6. The smallest absolute Gasteiger partial charge is 0.305 e. The summed E-state index contributed by atoms with van der Waals surface area (Å²) in [5.41, 5.74) is 2.75. The second-order valence-electron chi connectivity index (χ2n) is 8.99. The van der Waals surface area contributed by atoms with E-state index in [0.29, 0.717) is 25.1 Å². The molecule has 0 radical (unpaired) electrons. The van der Waals surface area contributed by atoms with Crippen LogP contribution in [0.25, 0.3) is 0 Å². The van der Waals surface area contributed by atoms with Crippen molar-refractivity contribution in [3.05, 3.63) is 53.0 Å². The minimum Gasteiger partial charge on any atom is -0.491 e. The Hall–Kier alpha value is -3.16. The van der Waals surface area contributed by atoms with Crippen molar-refractivity contribution >= 4 is 17.7 Å². The molecule has 2 N–H and O–H groups in total. The first-order chi connectivity index (χ1) is 16.5. The second-order valence-corrected chi connectivity index (χ2v) is 8.99. The van der Waals surface area contributed by atoms with Crippen LogP contribution in [0.1, 0.15) is 61.9 Å². The van der Waals surface area contributed by atoms with Gasteiger partial charge in [-0.25, -0.2) is 9.37 Å². The predicted molar refractivity (Wildman–Crippen MR) is 126 cm³/mol. The van der Waals surface area contributed by atoms with E-state index in [9.17, 15) is 19.1 Å². The Labute approximate surface area is 199 Å². The number of rotatable bonds is 10. The standard InChI is InChI=1S/C26H32FN3O4/c1-2-34-23-11-9-19(15-21(23)27)22(16-24(31)32)30-14-12-18(26(30)33)5-3-7-20-10-8-17-6-4-13-28-25(17)29-20/h8-11,15,18,22H,2-7,12-14,16H2,1H3,(H,28,29)(H,31,32). The molecular formula is C26H32FN3O4. The number of carboxylic acids is 1. The van der Waals surface area contributed by atoms with Gasteiger partial charge in [0.15, 0.2) is 11.6 Å². The van der Waals surface area contributed by atoms with Gasteiger partial charge in [0, 0.05) is 24.7 Å². The fourth-order valence-corrected chi connectivity index (χ4v) is 4.95. The van der Waals surface area contributed by atoms with Gasteiger partial charge < -0.3 is 20.1 Å². The lowest BCUT2D eigenvalue weighted by atomic mass is 9.98. The molecular weight excluding hydrogens is 437 g/mol. The summed E-state index contributed by atoms with van der Waals surface area (Å²) in [5.74, 6) is -0.685. The maximum atomic E-state index is 14.4. The number of nitrogens with zero attached hydrogens (tertiary/aromatic N) is 2. The number of halogens is 1. The average molecular weight is 470 g/mol. The molecule has 2 aliphatic rings. The molecule has 0 bridgehead atoms. The Kier molecular flexibility index (Phi) is 7.65. The first-order valence-electron chi connectivity index (χ1n) is 12.1. The number of carboxylic acid groups (broad SMARTS) is 1. The second kappa shape index (κ2) is 10.8. The van der Waals surface area contributed by atoms with Crippen LogP contribution in [0.15, 0.2) is 30.3 Å². The van der Waals surface area contributed by atoms with E-state index in [1.165, 1.54) is 17.7 Å². The van der Waals surface area contributed by atoms with Crippen molar-refractivity contribution in [2.24, 2.45) is 5.92 Å². The molecule has 4 rings (SSSR count). The highest BCUT2D eigenvalue weighted by Gasteiger charge is 2.37. The first-order valence-corrected chi connectivity index (χ1v) is 12.1. The molecule has 182 valence electrons. The average Bonchev–Trinajstić information content (AvgIpc) is 3.18. The number of carbonyl (C=O) groups is 2. The first kappa shape index (κ1) is 24.0. The largest absolute Gasteiger partial charge is 0.491 e. The molecule has 3 heterocycles. The van der Waals surface area contributed by atoms with E-state index >= 15 is 0 Å². The lowest BCUT2D eigenvalue weighted by Gasteiger charge is -2.28. The van der Waals surface area contributed by atoms with Crippen LogP contribution in [0.3, 0.4) is 0 Å². The molecule has 34 heavy (non-hydrogen) atoms. The van der Waals surface area contributed by atoms with Gasteiger partial charge in [0.2, 0.25) is 5.91 Å². The van der Waals surface area contributed by atoms with Crippen LogP contribution in [-0.2, 0) is 22.4 Å². The molecule has 0 aliphatic carbocycles. The van der Waals surface area contributed by atoms with Gasteiger partial charge in [-0.3, -0.25) is 9.59 Å². The molecule has 7 nitrogen and oxygen atoms in total. The third kappa shape index (κ3) is 5.48. The van der Waals surface area contributed by atoms with Crippen LogP contribution in [0.4, 0.5) is 10.2 Å². The molecule has 1 fully saturated rings. The number of ether oxygens (including phenoxy) is 1. The maximum absolute atomic E-state index is 14.4. The number of nitrogens with one attached hydrogen (secondary N) is 1. The van der Waals surface area contributed by atoms with Gasteiger partial charge in [-0.15, -0.1) is 0 Å². The molecule has 1 aromatic heterocycles. The minimum atomic E-state index is -1.03. The zero-order chi connectivity index (χ0) is 24.1. The lowest BCUT2D eigenvalue weighted by Crippen LogP contribution is -2.33. The molecule has 1 saturated heterocycles. The molecule has 2 aromatic rings. The van der Waals surface area contributed by atoms with Crippen molar-refractivity contribution in [1.29, 1.82) is 0 Å². The third-order valence-electron chi connectivity index (χ3n) is 6.67. The molecule has 0 spiro atoms. The number of aliphatic carboxylic acids is 1. The van der Waals surface area contributed by atoms with Crippen LogP contribution >= 0.6 is 0 Å². The molecule has 0 saturated carbocycles. The van der Waals surface area contributed by atoms with Crippen LogP contribution in [-0.4, -0.2) is 46.6 Å². The van der Waals surface area contributed by atoms with Gasteiger partial charge in [0.05, 0.1) is 19.1 Å². The number of aryl methyl sites for hydroxylation is 2. The molecule has 2 aliphatic heterocycles. The summed E-state index contributed by atoms with van der Waals surface area (Å²) in [5, 5.41) is 12.8. The third-order valence-corrected chi connectivity index (χ3v) is 6.67. The van der Waals surface area contributed by atoms with Gasteiger partial charge in [0.25, 0.3) is 0 Å². The van der Waals surface area contributed by atoms with Crippen molar-refractivity contribution in [3.63, 3.8) is 0 Å². The minimum absolute atomic E-state index is 0.0550. The summed E-state index contributed by atoms with van der Waals surface area (Å²) in [6, 6.07) is 7.94. The van der Waals surface area contributed by atoms with Gasteiger partial charge in [0.1, 0.15) is 5.82 Å². The number of amides is 1. The molecule has 2 atom stereocenters. The van der Waals surface area contributed by atoms with Crippen LogP contribution in [0, 0.1) is 11.7 Å². The number of hydrogen-bond acceptors (Lipinski definition) is 5. The Bertz CT molecular complexity index is 1040. The molecule has 8 heteroatoms. The van der Waals surface area contributed by atoms with E-state index in [2.05, 4.69) is 17.4 Å². The summed E-state index contributed by atoms with van der Waals surface area (Å²) in [6.45, 7) is 3.52. The number of hydrogen-bond donors (Lipinski definition) is 2. The number of likely N-dealkylation sites (tertiary alicyclic amines) is 1. The van der Waals surface area contributed by atoms with E-state index < -0.39 is 17.8 Å². The maximum Gasteiger partial charge on any atom is 0.305 e. The Balaban J connectivity index is 1.39. The van der Waals surface area contributed by atoms with Gasteiger partial charge in [-0.2, -0.15) is 0 Å². The van der Waals surface area contributed by atoms with E-state index in [1.54, 1.807) is 17.9 Å². The van der Waals surface area contributed by atoms with Crippen molar-refractivity contribution in [2.45, 2.75) is 57.9 Å². The van der Waals surface area contributed by atoms with Crippen LogP contribution in [0.5, 0.6) is 5.75 Å². The topological polar surface area (TPSA) is 91.8 Å². The Morgan fingerprint density at radius 3 is 2.97 bits per heavy atom. The number of carbonyl (C=O) groups excluding carboxylic acids is 1. The fraction of sp³-hybridized carbons (Fsp3) is 0.500. The summed E-state index contributed by atoms with van der Waals surface area (Å²) < 4.78 is 19.7. The Morgan fingerprint density at radius 2 is 2.21 bits per heavy atom. The van der Waals surface area contributed by atoms with Crippen LogP contribution in [0.2, 0.25) is 0 Å².